The minimum atomic E-state index is -2.98. The molecule has 0 atom stereocenters. The maximum absolute atomic E-state index is 11.5. The van der Waals surface area contributed by atoms with Crippen LogP contribution in [0.15, 0.2) is 10.7 Å². The Balaban J connectivity index is 2.66. The molecule has 0 radical (unpaired) electrons. The number of hydrogen-bond donors (Lipinski definition) is 0. The molecule has 0 N–H and O–H groups in total. The van der Waals surface area contributed by atoms with Crippen molar-refractivity contribution in [2.45, 2.75) is 25.6 Å². The van der Waals surface area contributed by atoms with E-state index in [2.05, 4.69) is 43.6 Å². The third kappa shape index (κ3) is 3.70. The van der Waals surface area contributed by atoms with Crippen molar-refractivity contribution in [3.8, 4) is 0 Å². The molecule has 1 aromatic heterocycles. The van der Waals surface area contributed by atoms with Crippen LogP contribution >= 0.6 is 38.5 Å². The van der Waals surface area contributed by atoms with Crippen molar-refractivity contribution < 1.29 is 8.42 Å². The molecule has 1 heterocycles. The summed E-state index contributed by atoms with van der Waals surface area (Å²) in [4.78, 5) is 0. The van der Waals surface area contributed by atoms with Gasteiger partial charge in [0, 0.05) is 6.20 Å². The molecule has 0 unspecified atom stereocenters. The van der Waals surface area contributed by atoms with Crippen molar-refractivity contribution in [2.75, 3.05) is 5.75 Å². The highest BCUT2D eigenvalue weighted by atomic mass is 127. The predicted molar refractivity (Wildman–Crippen MR) is 71.6 cm³/mol. The summed E-state index contributed by atoms with van der Waals surface area (Å²) >= 11 is 5.42. The average Bonchev–Trinajstić information content (AvgIpc) is 2.43. The minimum absolute atomic E-state index is 0.134. The van der Waals surface area contributed by atoms with Gasteiger partial charge >= 0.3 is 0 Å². The van der Waals surface area contributed by atoms with Crippen LogP contribution in [-0.4, -0.2) is 29.2 Å². The Morgan fingerprint density at radius 2 is 2.20 bits per heavy atom. The number of hydrogen-bond acceptors (Lipinski definition) is 3. The van der Waals surface area contributed by atoms with Gasteiger partial charge in [0.2, 0.25) is 0 Å². The van der Waals surface area contributed by atoms with Crippen molar-refractivity contribution in [3.63, 3.8) is 0 Å². The Labute approximate surface area is 112 Å². The Bertz CT molecular complexity index is 422. The highest BCUT2D eigenvalue weighted by molar-refractivity contribution is 14.1. The summed E-state index contributed by atoms with van der Waals surface area (Å²) in [6.07, 6.45) is 1.79. The van der Waals surface area contributed by atoms with E-state index in [1.54, 1.807) is 24.7 Å². The molecule has 0 saturated carbocycles. The molecule has 0 bridgehead atoms. The molecule has 0 aliphatic carbocycles. The van der Waals surface area contributed by atoms with Gasteiger partial charge in [-0.1, -0.05) is 0 Å². The first-order chi connectivity index (χ1) is 6.83. The first kappa shape index (κ1) is 13.4. The standard InChI is InChI=1S/C8H12BrIN2O2S/c1-6(2)15(13,14)4-3-12-5-7(9)8(10)11-12/h5-6H,3-4H2,1-2H3. The lowest BCUT2D eigenvalue weighted by atomic mass is 10.6. The lowest BCUT2D eigenvalue weighted by Gasteiger charge is -2.06. The molecular weight excluding hydrogens is 395 g/mol. The monoisotopic (exact) mass is 406 g/mol. The summed E-state index contributed by atoms with van der Waals surface area (Å²) in [6.45, 7) is 3.79. The number of aromatic nitrogens is 2. The van der Waals surface area contributed by atoms with E-state index in [9.17, 15) is 8.42 Å². The molecule has 7 heteroatoms. The van der Waals surface area contributed by atoms with E-state index in [0.29, 0.717) is 6.54 Å². The van der Waals surface area contributed by atoms with Crippen LogP contribution in [0.25, 0.3) is 0 Å². The van der Waals surface area contributed by atoms with E-state index in [1.165, 1.54) is 0 Å². The fourth-order valence-corrected chi connectivity index (χ4v) is 2.59. The Kier molecular flexibility index (Phi) is 4.60. The molecule has 0 saturated heterocycles. The lowest BCUT2D eigenvalue weighted by molar-refractivity contribution is 0.572. The zero-order chi connectivity index (χ0) is 11.6. The largest absolute Gasteiger partial charge is 0.269 e. The first-order valence-electron chi connectivity index (χ1n) is 4.43. The number of sulfone groups is 1. The molecule has 15 heavy (non-hydrogen) atoms. The highest BCUT2D eigenvalue weighted by Crippen LogP contribution is 2.16. The van der Waals surface area contributed by atoms with Crippen molar-refractivity contribution in [2.24, 2.45) is 0 Å². The lowest BCUT2D eigenvalue weighted by Crippen LogP contribution is -2.21. The second-order valence-corrected chi connectivity index (χ2v) is 8.00. The fraction of sp³-hybridized carbons (Fsp3) is 0.625. The molecule has 86 valence electrons. The summed E-state index contributed by atoms with van der Waals surface area (Å²) in [5.41, 5.74) is 0. The van der Waals surface area contributed by atoms with Gasteiger partial charge in [-0.15, -0.1) is 0 Å². The van der Waals surface area contributed by atoms with Crippen LogP contribution in [0.4, 0.5) is 0 Å². The Morgan fingerprint density at radius 3 is 2.60 bits per heavy atom. The van der Waals surface area contributed by atoms with E-state index in [0.717, 1.165) is 8.17 Å². The SMILES string of the molecule is CC(C)S(=O)(=O)CCn1cc(Br)c(I)n1. The average molecular weight is 407 g/mol. The summed E-state index contributed by atoms with van der Waals surface area (Å²) in [5, 5.41) is 3.84. The topological polar surface area (TPSA) is 52.0 Å². The van der Waals surface area contributed by atoms with Crippen LogP contribution < -0.4 is 0 Å². The van der Waals surface area contributed by atoms with E-state index in [-0.39, 0.29) is 11.0 Å². The van der Waals surface area contributed by atoms with Gasteiger partial charge in [-0.05, 0) is 52.4 Å². The van der Waals surface area contributed by atoms with E-state index in [1.807, 2.05) is 0 Å². The smallest absolute Gasteiger partial charge is 0.154 e. The molecule has 1 aromatic rings. The van der Waals surface area contributed by atoms with Crippen molar-refractivity contribution in [1.82, 2.24) is 9.78 Å². The fourth-order valence-electron chi connectivity index (χ4n) is 0.945. The Hall–Kier alpha value is 0.370. The van der Waals surface area contributed by atoms with Gasteiger partial charge in [0.25, 0.3) is 0 Å². The van der Waals surface area contributed by atoms with Crippen molar-refractivity contribution in [3.05, 3.63) is 14.4 Å². The molecule has 0 aromatic carbocycles. The number of halogens is 2. The first-order valence-corrected chi connectivity index (χ1v) is 8.01. The summed E-state index contributed by atoms with van der Waals surface area (Å²) in [5.74, 6) is 0.134. The highest BCUT2D eigenvalue weighted by Gasteiger charge is 2.16. The van der Waals surface area contributed by atoms with Gasteiger partial charge in [-0.25, -0.2) is 8.42 Å². The van der Waals surface area contributed by atoms with E-state index in [4.69, 9.17) is 0 Å². The molecule has 0 aliphatic heterocycles. The second kappa shape index (κ2) is 5.13. The van der Waals surface area contributed by atoms with Gasteiger partial charge in [0.15, 0.2) is 9.84 Å². The third-order valence-electron chi connectivity index (χ3n) is 2.00. The molecule has 1 rings (SSSR count). The van der Waals surface area contributed by atoms with Crippen molar-refractivity contribution in [1.29, 1.82) is 0 Å². The maximum Gasteiger partial charge on any atom is 0.154 e. The molecule has 0 fully saturated rings. The van der Waals surface area contributed by atoms with Crippen LogP contribution in [0.5, 0.6) is 0 Å². The molecule has 0 aliphatic rings. The van der Waals surface area contributed by atoms with E-state index < -0.39 is 9.84 Å². The quantitative estimate of drug-likeness (QED) is 0.719. The zero-order valence-electron chi connectivity index (χ0n) is 8.44. The van der Waals surface area contributed by atoms with E-state index >= 15 is 0 Å². The van der Waals surface area contributed by atoms with Gasteiger partial charge in [0.1, 0.15) is 3.70 Å². The van der Waals surface area contributed by atoms with Crippen LogP contribution in [0, 0.1) is 3.70 Å². The molecule has 0 spiro atoms. The second-order valence-electron chi connectivity index (χ2n) is 3.45. The predicted octanol–water partition coefficient (Wildman–Crippen LogP) is 2.07. The van der Waals surface area contributed by atoms with Crippen LogP contribution in [0.3, 0.4) is 0 Å². The minimum Gasteiger partial charge on any atom is -0.269 e. The zero-order valence-corrected chi connectivity index (χ0v) is 13.0. The number of nitrogens with zero attached hydrogens (tertiary/aromatic N) is 2. The van der Waals surface area contributed by atoms with Gasteiger partial charge in [-0.2, -0.15) is 5.10 Å². The summed E-state index contributed by atoms with van der Waals surface area (Å²) < 4.78 is 26.5. The van der Waals surface area contributed by atoms with Gasteiger partial charge in [0.05, 0.1) is 22.0 Å². The van der Waals surface area contributed by atoms with Gasteiger partial charge in [-0.3, -0.25) is 4.68 Å². The molecule has 4 nitrogen and oxygen atoms in total. The van der Waals surface area contributed by atoms with Crippen LogP contribution in [0.2, 0.25) is 0 Å². The Morgan fingerprint density at radius 1 is 1.60 bits per heavy atom. The molecular formula is C8H12BrIN2O2S. The van der Waals surface area contributed by atoms with Gasteiger partial charge < -0.3 is 0 Å². The third-order valence-corrected chi connectivity index (χ3v) is 6.31. The van der Waals surface area contributed by atoms with Crippen molar-refractivity contribution >= 4 is 48.4 Å². The maximum atomic E-state index is 11.5. The number of aryl methyl sites for hydroxylation is 1. The number of rotatable bonds is 4. The van der Waals surface area contributed by atoms with Crippen LogP contribution in [0.1, 0.15) is 13.8 Å². The summed E-state index contributed by atoms with van der Waals surface area (Å²) in [7, 11) is -2.98. The molecule has 0 amide bonds. The summed E-state index contributed by atoms with van der Waals surface area (Å²) in [6, 6.07) is 0. The van der Waals surface area contributed by atoms with Crippen LogP contribution in [-0.2, 0) is 16.4 Å². The normalized spacial score (nSPS) is 12.3.